The van der Waals surface area contributed by atoms with E-state index in [2.05, 4.69) is 31.0 Å². The maximum Gasteiger partial charge on any atom is 0.244 e. The van der Waals surface area contributed by atoms with Crippen LogP contribution in [-0.4, -0.2) is 40.1 Å². The van der Waals surface area contributed by atoms with E-state index in [0.29, 0.717) is 11.9 Å². The van der Waals surface area contributed by atoms with Crippen LogP contribution < -0.4 is 5.32 Å². The Morgan fingerprint density at radius 2 is 2.22 bits per heavy atom. The number of nitrogens with one attached hydrogen (secondary N) is 1. The number of amides is 1. The van der Waals surface area contributed by atoms with Gasteiger partial charge in [-0.1, -0.05) is 20.3 Å². The third-order valence-corrected chi connectivity index (χ3v) is 5.03. The van der Waals surface area contributed by atoms with Crippen molar-refractivity contribution in [1.29, 1.82) is 0 Å². The number of carbonyl (C=O) groups excluding carboxylic acids is 1. The lowest BCUT2D eigenvalue weighted by Crippen LogP contribution is -2.43. The van der Waals surface area contributed by atoms with Gasteiger partial charge in [-0.3, -0.25) is 10.1 Å². The number of hydrogen-bond acceptors (Lipinski definition) is 3. The van der Waals surface area contributed by atoms with E-state index in [0.717, 1.165) is 37.9 Å². The molecular weight excluding hydrogens is 244 g/mol. The summed E-state index contributed by atoms with van der Waals surface area (Å²) < 4.78 is 0. The van der Waals surface area contributed by atoms with Gasteiger partial charge in [-0.2, -0.15) is 11.8 Å². The van der Waals surface area contributed by atoms with Gasteiger partial charge < -0.3 is 4.90 Å². The molecule has 1 amide bonds. The first-order valence-electron chi connectivity index (χ1n) is 7.33. The number of nitrogens with zero attached hydrogens (tertiary/aromatic N) is 1. The minimum absolute atomic E-state index is 0.147. The van der Waals surface area contributed by atoms with Crippen molar-refractivity contribution in [3.63, 3.8) is 0 Å². The van der Waals surface area contributed by atoms with Gasteiger partial charge in [0.2, 0.25) is 5.91 Å². The summed E-state index contributed by atoms with van der Waals surface area (Å²) in [5.41, 5.74) is -0.147. The molecule has 0 radical (unpaired) electrons. The molecule has 0 bridgehead atoms. The summed E-state index contributed by atoms with van der Waals surface area (Å²) in [5, 5.41) is 3.58. The zero-order chi connectivity index (χ0) is 13.2. The van der Waals surface area contributed by atoms with Gasteiger partial charge in [0.25, 0.3) is 0 Å². The van der Waals surface area contributed by atoms with E-state index in [4.69, 9.17) is 0 Å². The molecule has 2 atom stereocenters. The van der Waals surface area contributed by atoms with Crippen molar-refractivity contribution in [2.75, 3.05) is 11.5 Å². The molecule has 1 spiro atoms. The molecule has 1 saturated heterocycles. The Kier molecular flexibility index (Phi) is 4.59. The summed E-state index contributed by atoms with van der Waals surface area (Å²) in [7, 11) is 0. The smallest absolute Gasteiger partial charge is 0.244 e. The lowest BCUT2D eigenvalue weighted by Gasteiger charge is -2.30. The number of rotatable bonds is 7. The first-order valence-corrected chi connectivity index (χ1v) is 8.48. The summed E-state index contributed by atoms with van der Waals surface area (Å²) in [6, 6.07) is 0.376. The number of carbonyl (C=O) groups is 1. The molecule has 2 aliphatic rings. The summed E-state index contributed by atoms with van der Waals surface area (Å²) >= 11 is 1.97. The van der Waals surface area contributed by atoms with Gasteiger partial charge in [-0.15, -0.1) is 0 Å². The maximum absolute atomic E-state index is 12.5. The Hall–Kier alpha value is -0.220. The highest BCUT2D eigenvalue weighted by molar-refractivity contribution is 7.99. The average molecular weight is 270 g/mol. The van der Waals surface area contributed by atoms with E-state index in [1.54, 1.807) is 0 Å². The van der Waals surface area contributed by atoms with Gasteiger partial charge in [-0.05, 0) is 44.1 Å². The van der Waals surface area contributed by atoms with E-state index in [-0.39, 0.29) is 11.7 Å². The quantitative estimate of drug-likeness (QED) is 0.722. The molecule has 3 nitrogen and oxygen atoms in total. The average Bonchev–Trinajstić information content (AvgIpc) is 3.05. The van der Waals surface area contributed by atoms with Crippen LogP contribution in [0.15, 0.2) is 0 Å². The van der Waals surface area contributed by atoms with Crippen molar-refractivity contribution in [2.45, 2.75) is 70.6 Å². The molecule has 2 fully saturated rings. The first kappa shape index (κ1) is 14.2. The molecule has 104 valence electrons. The minimum atomic E-state index is -0.147. The van der Waals surface area contributed by atoms with E-state index >= 15 is 0 Å². The largest absolute Gasteiger partial charge is 0.323 e. The van der Waals surface area contributed by atoms with Crippen molar-refractivity contribution >= 4 is 17.7 Å². The molecule has 1 N–H and O–H groups in total. The van der Waals surface area contributed by atoms with Gasteiger partial charge in [0, 0.05) is 6.04 Å². The lowest BCUT2D eigenvalue weighted by atomic mass is 10.1. The fraction of sp³-hybridized carbons (Fsp3) is 0.929. The number of hydrogen-bond donors (Lipinski definition) is 1. The van der Waals surface area contributed by atoms with Crippen LogP contribution in [0.25, 0.3) is 0 Å². The second kappa shape index (κ2) is 5.83. The Labute approximate surface area is 115 Å². The zero-order valence-corrected chi connectivity index (χ0v) is 12.7. The molecule has 1 heterocycles. The normalized spacial score (nSPS) is 26.9. The molecule has 4 heteroatoms. The van der Waals surface area contributed by atoms with Gasteiger partial charge in [0.05, 0.1) is 11.7 Å². The van der Waals surface area contributed by atoms with Gasteiger partial charge >= 0.3 is 0 Å². The second-order valence-electron chi connectivity index (χ2n) is 5.58. The molecular formula is C14H26N2OS. The van der Waals surface area contributed by atoms with Crippen molar-refractivity contribution in [3.8, 4) is 0 Å². The summed E-state index contributed by atoms with van der Waals surface area (Å²) in [4.78, 5) is 14.7. The molecule has 1 aliphatic carbocycles. The van der Waals surface area contributed by atoms with E-state index < -0.39 is 0 Å². The van der Waals surface area contributed by atoms with Crippen molar-refractivity contribution < 1.29 is 4.79 Å². The van der Waals surface area contributed by atoms with Crippen LogP contribution in [0.1, 0.15) is 52.9 Å². The van der Waals surface area contributed by atoms with E-state index in [1.807, 2.05) is 11.8 Å². The van der Waals surface area contributed by atoms with Crippen molar-refractivity contribution in [3.05, 3.63) is 0 Å². The standard InChI is InChI=1S/C14H26N2OS/c1-4-6-12-15-14(8-9-14)13(17)16(12)11(3)7-10-18-5-2/h11-12,15H,4-10H2,1-3H3. The topological polar surface area (TPSA) is 32.3 Å². The van der Waals surface area contributed by atoms with Crippen molar-refractivity contribution in [2.24, 2.45) is 0 Å². The molecule has 2 rings (SSSR count). The van der Waals surface area contributed by atoms with Crippen molar-refractivity contribution in [1.82, 2.24) is 10.2 Å². The van der Waals surface area contributed by atoms with Crippen LogP contribution in [0.5, 0.6) is 0 Å². The Morgan fingerprint density at radius 1 is 1.50 bits per heavy atom. The molecule has 0 aromatic rings. The van der Waals surface area contributed by atoms with Crippen LogP contribution in [0.3, 0.4) is 0 Å². The fourth-order valence-electron chi connectivity index (χ4n) is 2.85. The monoisotopic (exact) mass is 270 g/mol. The van der Waals surface area contributed by atoms with Crippen LogP contribution in [0.4, 0.5) is 0 Å². The molecule has 2 unspecified atom stereocenters. The molecule has 1 aliphatic heterocycles. The van der Waals surface area contributed by atoms with E-state index in [1.165, 1.54) is 5.75 Å². The Balaban J connectivity index is 1.96. The van der Waals surface area contributed by atoms with Gasteiger partial charge in [0.1, 0.15) is 0 Å². The maximum atomic E-state index is 12.5. The Bertz CT molecular complexity index is 304. The molecule has 0 aromatic heterocycles. The highest BCUT2D eigenvalue weighted by Crippen LogP contribution is 2.43. The van der Waals surface area contributed by atoms with Crippen LogP contribution in [0, 0.1) is 0 Å². The van der Waals surface area contributed by atoms with Gasteiger partial charge in [-0.25, -0.2) is 0 Å². The predicted octanol–water partition coefficient (Wildman–Crippen LogP) is 2.61. The third-order valence-electron chi connectivity index (χ3n) is 4.09. The van der Waals surface area contributed by atoms with E-state index in [9.17, 15) is 4.79 Å². The highest BCUT2D eigenvalue weighted by Gasteiger charge is 2.59. The first-order chi connectivity index (χ1) is 8.64. The fourth-order valence-corrected chi connectivity index (χ4v) is 3.65. The summed E-state index contributed by atoms with van der Waals surface area (Å²) in [6.45, 7) is 6.59. The van der Waals surface area contributed by atoms with Crippen LogP contribution in [0.2, 0.25) is 0 Å². The lowest BCUT2D eigenvalue weighted by molar-refractivity contribution is -0.132. The summed E-state index contributed by atoms with van der Waals surface area (Å²) in [6.07, 6.45) is 5.69. The third kappa shape index (κ3) is 2.69. The summed E-state index contributed by atoms with van der Waals surface area (Å²) in [5.74, 6) is 2.70. The van der Waals surface area contributed by atoms with Crippen LogP contribution >= 0.6 is 11.8 Å². The second-order valence-corrected chi connectivity index (χ2v) is 6.97. The molecule has 18 heavy (non-hydrogen) atoms. The SMILES string of the molecule is CCCC1NC2(CC2)C(=O)N1C(C)CCSCC. The molecule has 0 aromatic carbocycles. The zero-order valence-electron chi connectivity index (χ0n) is 11.9. The highest BCUT2D eigenvalue weighted by atomic mass is 32.2. The number of thioether (sulfide) groups is 1. The minimum Gasteiger partial charge on any atom is -0.323 e. The predicted molar refractivity (Wildman–Crippen MR) is 77.7 cm³/mol. The van der Waals surface area contributed by atoms with Gasteiger partial charge in [0.15, 0.2) is 0 Å². The van der Waals surface area contributed by atoms with Crippen LogP contribution in [-0.2, 0) is 4.79 Å². The Morgan fingerprint density at radius 3 is 2.78 bits per heavy atom. The molecule has 1 saturated carbocycles.